The van der Waals surface area contributed by atoms with Gasteiger partial charge in [-0.2, -0.15) is 0 Å². The van der Waals surface area contributed by atoms with E-state index in [1.165, 1.54) is 37.7 Å². The number of piperazine rings is 1. The number of nitrogen functional groups attached to an aromatic ring is 1. The van der Waals surface area contributed by atoms with E-state index in [0.29, 0.717) is 6.04 Å². The van der Waals surface area contributed by atoms with Gasteiger partial charge in [0.25, 0.3) is 0 Å². The van der Waals surface area contributed by atoms with Crippen molar-refractivity contribution in [2.45, 2.75) is 38.1 Å². The van der Waals surface area contributed by atoms with Crippen molar-refractivity contribution in [3.8, 4) is 0 Å². The molecule has 0 aromatic heterocycles. The van der Waals surface area contributed by atoms with Gasteiger partial charge in [-0.15, -0.1) is 0 Å². The van der Waals surface area contributed by atoms with Gasteiger partial charge in [-0.3, -0.25) is 4.90 Å². The summed E-state index contributed by atoms with van der Waals surface area (Å²) in [6.07, 6.45) is 6.78. The summed E-state index contributed by atoms with van der Waals surface area (Å²) in [5.74, 6) is 0.732. The third-order valence-corrected chi connectivity index (χ3v) is 6.20. The summed E-state index contributed by atoms with van der Waals surface area (Å²) in [5, 5.41) is 3.47. The van der Waals surface area contributed by atoms with Crippen LogP contribution in [0, 0.1) is 5.92 Å². The van der Waals surface area contributed by atoms with Crippen LogP contribution in [0.15, 0.2) is 21.1 Å². The second-order valence-electron chi connectivity index (χ2n) is 6.52. The molecule has 1 aliphatic heterocycles. The zero-order valence-electron chi connectivity index (χ0n) is 13.0. The van der Waals surface area contributed by atoms with Crippen LogP contribution in [0.1, 0.15) is 43.7 Å². The molecular weight excluding hydrogens is 406 g/mol. The summed E-state index contributed by atoms with van der Waals surface area (Å²) in [5.41, 5.74) is 8.67. The monoisotopic (exact) mass is 429 g/mol. The Morgan fingerprint density at radius 1 is 1.09 bits per heavy atom. The van der Waals surface area contributed by atoms with E-state index in [9.17, 15) is 0 Å². The normalized spacial score (nSPS) is 22.6. The molecule has 2 aliphatic rings. The summed E-state index contributed by atoms with van der Waals surface area (Å²) in [4.78, 5) is 2.65. The topological polar surface area (TPSA) is 41.3 Å². The number of nitrogens with two attached hydrogens (primary N) is 1. The number of nitrogens with zero attached hydrogens (tertiary/aromatic N) is 1. The molecule has 0 bridgehead atoms. The lowest BCUT2D eigenvalue weighted by Crippen LogP contribution is -2.47. The predicted molar refractivity (Wildman–Crippen MR) is 100 cm³/mol. The Balaban J connectivity index is 1.96. The number of hydrogen-bond acceptors (Lipinski definition) is 3. The molecular formula is C17H25Br2N3. The third-order valence-electron chi connectivity index (χ3n) is 5.09. The number of benzene rings is 1. The molecule has 1 heterocycles. The minimum absolute atomic E-state index is 0.455. The molecule has 3 nitrogen and oxygen atoms in total. The highest BCUT2D eigenvalue weighted by molar-refractivity contribution is 9.11. The Labute approximate surface area is 150 Å². The molecule has 1 atom stereocenters. The van der Waals surface area contributed by atoms with E-state index >= 15 is 0 Å². The van der Waals surface area contributed by atoms with Gasteiger partial charge in [0, 0.05) is 41.2 Å². The SMILES string of the molecule is Nc1c(Br)cc(Br)cc1[C@@H](C1CCCCC1)N1CCNCC1. The fourth-order valence-electron chi connectivity index (χ4n) is 4.01. The van der Waals surface area contributed by atoms with E-state index in [4.69, 9.17) is 5.73 Å². The summed E-state index contributed by atoms with van der Waals surface area (Å²) in [6, 6.07) is 4.74. The van der Waals surface area contributed by atoms with Gasteiger partial charge in [-0.05, 0) is 52.4 Å². The van der Waals surface area contributed by atoms with Gasteiger partial charge in [0.15, 0.2) is 0 Å². The molecule has 0 amide bonds. The van der Waals surface area contributed by atoms with Crippen LogP contribution >= 0.6 is 31.9 Å². The van der Waals surface area contributed by atoms with Gasteiger partial charge < -0.3 is 11.1 Å². The standard InChI is InChI=1S/C17H25Br2N3/c18-13-10-14(16(20)15(19)11-13)17(12-4-2-1-3-5-12)22-8-6-21-7-9-22/h10-12,17,21H,1-9,20H2/t17-/m1/s1. The van der Waals surface area contributed by atoms with Gasteiger partial charge in [0.1, 0.15) is 0 Å². The van der Waals surface area contributed by atoms with Crippen molar-refractivity contribution in [2.24, 2.45) is 5.92 Å². The van der Waals surface area contributed by atoms with Gasteiger partial charge >= 0.3 is 0 Å². The molecule has 3 rings (SSSR count). The zero-order chi connectivity index (χ0) is 15.5. The fraction of sp³-hybridized carbons (Fsp3) is 0.647. The Morgan fingerprint density at radius 2 is 1.77 bits per heavy atom. The predicted octanol–water partition coefficient (Wildman–Crippen LogP) is 4.32. The number of rotatable bonds is 3. The molecule has 122 valence electrons. The van der Waals surface area contributed by atoms with Crippen molar-refractivity contribution in [1.82, 2.24) is 10.2 Å². The van der Waals surface area contributed by atoms with E-state index in [1.807, 2.05) is 0 Å². The molecule has 0 spiro atoms. The maximum absolute atomic E-state index is 6.46. The van der Waals surface area contributed by atoms with Gasteiger partial charge in [-0.1, -0.05) is 35.2 Å². The molecule has 0 unspecified atom stereocenters. The van der Waals surface area contributed by atoms with Crippen LogP contribution in [-0.4, -0.2) is 31.1 Å². The number of anilines is 1. The third kappa shape index (κ3) is 3.69. The first-order valence-corrected chi connectivity index (χ1v) is 9.94. The minimum atomic E-state index is 0.455. The highest BCUT2D eigenvalue weighted by atomic mass is 79.9. The Bertz CT molecular complexity index is 491. The quantitative estimate of drug-likeness (QED) is 0.701. The van der Waals surface area contributed by atoms with Crippen LogP contribution in [0.3, 0.4) is 0 Å². The van der Waals surface area contributed by atoms with Gasteiger partial charge in [0.2, 0.25) is 0 Å². The molecule has 1 saturated carbocycles. The lowest BCUT2D eigenvalue weighted by atomic mass is 9.79. The zero-order valence-corrected chi connectivity index (χ0v) is 16.1. The number of halogens is 2. The second-order valence-corrected chi connectivity index (χ2v) is 8.29. The summed E-state index contributed by atoms with van der Waals surface area (Å²) in [7, 11) is 0. The molecule has 0 radical (unpaired) electrons. The van der Waals surface area contributed by atoms with Gasteiger partial charge in [-0.25, -0.2) is 0 Å². The van der Waals surface area contributed by atoms with E-state index in [-0.39, 0.29) is 0 Å². The molecule has 1 aromatic rings. The average molecular weight is 431 g/mol. The lowest BCUT2D eigenvalue weighted by molar-refractivity contribution is 0.104. The molecule has 1 aromatic carbocycles. The second kappa shape index (κ2) is 7.65. The summed E-state index contributed by atoms with van der Waals surface area (Å²) in [6.45, 7) is 4.39. The number of nitrogens with one attached hydrogen (secondary N) is 1. The Morgan fingerprint density at radius 3 is 2.45 bits per heavy atom. The lowest BCUT2D eigenvalue weighted by Gasteiger charge is -2.41. The van der Waals surface area contributed by atoms with Crippen LogP contribution in [0.4, 0.5) is 5.69 Å². The van der Waals surface area contributed by atoms with E-state index in [0.717, 1.165) is 46.7 Å². The molecule has 5 heteroatoms. The van der Waals surface area contributed by atoms with Crippen molar-refractivity contribution in [3.05, 3.63) is 26.6 Å². The highest BCUT2D eigenvalue weighted by Crippen LogP contribution is 2.43. The van der Waals surface area contributed by atoms with Crippen LogP contribution < -0.4 is 11.1 Å². The van der Waals surface area contributed by atoms with Gasteiger partial charge in [0.05, 0.1) is 5.69 Å². The van der Waals surface area contributed by atoms with E-state index in [1.54, 1.807) is 0 Å². The molecule has 3 N–H and O–H groups in total. The molecule has 2 fully saturated rings. The van der Waals surface area contributed by atoms with Crippen molar-refractivity contribution in [2.75, 3.05) is 31.9 Å². The first-order valence-electron chi connectivity index (χ1n) is 8.36. The molecule has 22 heavy (non-hydrogen) atoms. The van der Waals surface area contributed by atoms with Crippen molar-refractivity contribution < 1.29 is 0 Å². The van der Waals surface area contributed by atoms with E-state index < -0.39 is 0 Å². The van der Waals surface area contributed by atoms with Crippen LogP contribution in [0.2, 0.25) is 0 Å². The largest absolute Gasteiger partial charge is 0.398 e. The first kappa shape index (κ1) is 16.7. The maximum Gasteiger partial charge on any atom is 0.0507 e. The average Bonchev–Trinajstić information content (AvgIpc) is 2.54. The Hall–Kier alpha value is -0.100. The van der Waals surface area contributed by atoms with Crippen molar-refractivity contribution >= 4 is 37.5 Å². The number of hydrogen-bond donors (Lipinski definition) is 2. The Kier molecular flexibility index (Phi) is 5.82. The summed E-state index contributed by atoms with van der Waals surface area (Å²) >= 11 is 7.27. The summed E-state index contributed by atoms with van der Waals surface area (Å²) < 4.78 is 2.12. The van der Waals surface area contributed by atoms with E-state index in [2.05, 4.69) is 54.2 Å². The molecule has 1 saturated heterocycles. The highest BCUT2D eigenvalue weighted by Gasteiger charge is 2.32. The first-order chi connectivity index (χ1) is 10.7. The molecule has 1 aliphatic carbocycles. The fourth-order valence-corrected chi connectivity index (χ4v) is 5.27. The van der Waals surface area contributed by atoms with Crippen molar-refractivity contribution in [3.63, 3.8) is 0 Å². The van der Waals surface area contributed by atoms with Crippen LogP contribution in [-0.2, 0) is 0 Å². The minimum Gasteiger partial charge on any atom is -0.398 e. The van der Waals surface area contributed by atoms with Crippen LogP contribution in [0.25, 0.3) is 0 Å². The van der Waals surface area contributed by atoms with Crippen LogP contribution in [0.5, 0.6) is 0 Å². The smallest absolute Gasteiger partial charge is 0.0507 e. The van der Waals surface area contributed by atoms with Crippen molar-refractivity contribution in [1.29, 1.82) is 0 Å². The maximum atomic E-state index is 6.46.